The van der Waals surface area contributed by atoms with Crippen molar-refractivity contribution >= 4 is 0 Å². The molecular formula is C27H47NO. The smallest absolute Gasteiger partial charge is 0.0577 e. The molecule has 2 nitrogen and oxygen atoms in total. The Kier molecular flexibility index (Phi) is 6.01. The minimum atomic E-state index is -0.0937. The standard InChI is InChI=1S/C27H47NO/c1-17(2)6-11-25(28)18(3)22-9-10-23-21-8-7-19-16-20(29)12-14-26(19,4)24(21)13-15-27(22,23)5/h7,17-18,20-25,29H,6,8-16,28H2,1-5H3/t18-,20-,21-,22+,23-,24-,25-,26-,27+/m0/s1. The van der Waals surface area contributed by atoms with E-state index in [1.807, 2.05) is 0 Å². The second-order valence-corrected chi connectivity index (χ2v) is 12.4. The van der Waals surface area contributed by atoms with Gasteiger partial charge >= 0.3 is 0 Å². The summed E-state index contributed by atoms with van der Waals surface area (Å²) in [7, 11) is 0. The molecule has 0 aliphatic heterocycles. The van der Waals surface area contributed by atoms with Gasteiger partial charge in [-0.2, -0.15) is 0 Å². The highest BCUT2D eigenvalue weighted by molar-refractivity contribution is 5.25. The number of rotatable bonds is 5. The predicted octanol–water partition coefficient (Wildman–Crippen LogP) is 6.33. The van der Waals surface area contributed by atoms with Gasteiger partial charge in [0.05, 0.1) is 6.10 Å². The van der Waals surface area contributed by atoms with E-state index in [9.17, 15) is 5.11 Å². The number of nitrogens with two attached hydrogens (primary N) is 1. The lowest BCUT2D eigenvalue weighted by Gasteiger charge is -2.58. The van der Waals surface area contributed by atoms with Crippen LogP contribution < -0.4 is 5.73 Å². The first-order chi connectivity index (χ1) is 13.7. The van der Waals surface area contributed by atoms with Crippen molar-refractivity contribution in [2.24, 2.45) is 52.1 Å². The molecule has 0 bridgehead atoms. The van der Waals surface area contributed by atoms with Gasteiger partial charge < -0.3 is 10.8 Å². The summed E-state index contributed by atoms with van der Waals surface area (Å²) in [5, 5.41) is 10.2. The van der Waals surface area contributed by atoms with Crippen LogP contribution in [0.25, 0.3) is 0 Å². The van der Waals surface area contributed by atoms with Crippen LogP contribution in [0.5, 0.6) is 0 Å². The topological polar surface area (TPSA) is 46.2 Å². The molecule has 0 aromatic carbocycles. The third kappa shape index (κ3) is 3.65. The van der Waals surface area contributed by atoms with Crippen molar-refractivity contribution < 1.29 is 5.11 Å². The summed E-state index contributed by atoms with van der Waals surface area (Å²) >= 11 is 0. The molecule has 3 fully saturated rings. The molecular weight excluding hydrogens is 354 g/mol. The summed E-state index contributed by atoms with van der Waals surface area (Å²) in [5.74, 6) is 4.80. The van der Waals surface area contributed by atoms with Crippen molar-refractivity contribution in [1.82, 2.24) is 0 Å². The van der Waals surface area contributed by atoms with E-state index in [-0.39, 0.29) is 6.10 Å². The fourth-order valence-corrected chi connectivity index (χ4v) is 8.63. The Labute approximate surface area is 180 Å². The summed E-state index contributed by atoms with van der Waals surface area (Å²) in [5.41, 5.74) is 9.20. The Bertz CT molecular complexity index is 626. The zero-order valence-corrected chi connectivity index (χ0v) is 19.8. The molecule has 4 aliphatic rings. The van der Waals surface area contributed by atoms with Crippen LogP contribution in [0, 0.1) is 46.3 Å². The van der Waals surface area contributed by atoms with Crippen LogP contribution in [-0.4, -0.2) is 17.3 Å². The summed E-state index contributed by atoms with van der Waals surface area (Å²) in [6.45, 7) is 12.3. The molecule has 0 amide bonds. The zero-order valence-electron chi connectivity index (χ0n) is 19.8. The third-order valence-electron chi connectivity index (χ3n) is 10.5. The molecule has 0 saturated heterocycles. The number of aliphatic hydroxyl groups excluding tert-OH is 1. The Morgan fingerprint density at radius 1 is 1.03 bits per heavy atom. The highest BCUT2D eigenvalue weighted by Gasteiger charge is 2.59. The number of aliphatic hydroxyl groups is 1. The first-order valence-corrected chi connectivity index (χ1v) is 12.8. The quantitative estimate of drug-likeness (QED) is 0.529. The van der Waals surface area contributed by atoms with Gasteiger partial charge in [0.2, 0.25) is 0 Å². The molecule has 4 aliphatic carbocycles. The molecule has 0 heterocycles. The van der Waals surface area contributed by atoms with Crippen LogP contribution in [0.4, 0.5) is 0 Å². The van der Waals surface area contributed by atoms with Crippen LogP contribution in [0.15, 0.2) is 11.6 Å². The molecule has 0 aromatic rings. The third-order valence-corrected chi connectivity index (χ3v) is 10.5. The van der Waals surface area contributed by atoms with Gasteiger partial charge in [-0.3, -0.25) is 0 Å². The summed E-state index contributed by atoms with van der Waals surface area (Å²) in [6, 6.07) is 0.367. The van der Waals surface area contributed by atoms with Crippen molar-refractivity contribution in [3.63, 3.8) is 0 Å². The molecule has 0 aromatic heterocycles. The van der Waals surface area contributed by atoms with Crippen LogP contribution in [0.1, 0.15) is 98.8 Å². The highest BCUT2D eigenvalue weighted by atomic mass is 16.3. The molecule has 0 unspecified atom stereocenters. The van der Waals surface area contributed by atoms with Crippen LogP contribution in [0.3, 0.4) is 0 Å². The van der Waals surface area contributed by atoms with Crippen molar-refractivity contribution in [1.29, 1.82) is 0 Å². The maximum Gasteiger partial charge on any atom is 0.0577 e. The molecule has 3 saturated carbocycles. The van der Waals surface area contributed by atoms with Gasteiger partial charge in [0.1, 0.15) is 0 Å². The van der Waals surface area contributed by atoms with Gasteiger partial charge in [-0.15, -0.1) is 0 Å². The van der Waals surface area contributed by atoms with E-state index < -0.39 is 0 Å². The van der Waals surface area contributed by atoms with Crippen LogP contribution in [0.2, 0.25) is 0 Å². The van der Waals surface area contributed by atoms with E-state index in [4.69, 9.17) is 5.73 Å². The molecule has 0 spiro atoms. The molecule has 2 heteroatoms. The Balaban J connectivity index is 1.51. The van der Waals surface area contributed by atoms with Gasteiger partial charge in [-0.25, -0.2) is 0 Å². The van der Waals surface area contributed by atoms with E-state index in [2.05, 4.69) is 40.7 Å². The summed E-state index contributed by atoms with van der Waals surface area (Å²) in [4.78, 5) is 0. The van der Waals surface area contributed by atoms with E-state index in [1.165, 1.54) is 51.4 Å². The molecule has 9 atom stereocenters. The summed E-state index contributed by atoms with van der Waals surface area (Å²) in [6.07, 6.45) is 14.9. The SMILES string of the molecule is CC(C)CC[C@H](N)[C@@H](C)[C@H]1CC[C@H]2[C@@H]3CC=C4C[C@@H](O)CC[C@]4(C)[C@H]3CC[C@]12C. The van der Waals surface area contributed by atoms with E-state index in [0.29, 0.717) is 22.8 Å². The minimum Gasteiger partial charge on any atom is -0.393 e. The van der Waals surface area contributed by atoms with Crippen molar-refractivity contribution in [2.75, 3.05) is 0 Å². The van der Waals surface area contributed by atoms with Crippen molar-refractivity contribution in [2.45, 2.75) is 111 Å². The lowest BCUT2D eigenvalue weighted by Crippen LogP contribution is -2.51. The van der Waals surface area contributed by atoms with Gasteiger partial charge in [-0.1, -0.05) is 46.3 Å². The Morgan fingerprint density at radius 3 is 2.52 bits per heavy atom. The number of hydrogen-bond donors (Lipinski definition) is 2. The largest absolute Gasteiger partial charge is 0.393 e. The molecule has 4 rings (SSSR count). The fraction of sp³-hybridized carbons (Fsp3) is 0.926. The molecule has 3 N–H and O–H groups in total. The molecule has 166 valence electrons. The van der Waals surface area contributed by atoms with E-state index in [0.717, 1.165) is 42.4 Å². The monoisotopic (exact) mass is 401 g/mol. The normalized spacial score (nSPS) is 46.5. The van der Waals surface area contributed by atoms with Gasteiger partial charge in [0.25, 0.3) is 0 Å². The fourth-order valence-electron chi connectivity index (χ4n) is 8.63. The van der Waals surface area contributed by atoms with E-state index in [1.54, 1.807) is 5.57 Å². The molecule has 0 radical (unpaired) electrons. The van der Waals surface area contributed by atoms with Crippen LogP contribution >= 0.6 is 0 Å². The summed E-state index contributed by atoms with van der Waals surface area (Å²) < 4.78 is 0. The molecule has 29 heavy (non-hydrogen) atoms. The second kappa shape index (κ2) is 7.97. The lowest BCUT2D eigenvalue weighted by atomic mass is 9.47. The maximum absolute atomic E-state index is 10.2. The number of fused-ring (bicyclic) bond motifs is 5. The number of allylic oxidation sites excluding steroid dienone is 1. The first kappa shape index (κ1) is 21.9. The Morgan fingerprint density at radius 2 is 1.79 bits per heavy atom. The van der Waals surface area contributed by atoms with Crippen LogP contribution in [-0.2, 0) is 0 Å². The zero-order chi connectivity index (χ0) is 21.0. The minimum absolute atomic E-state index is 0.0937. The van der Waals surface area contributed by atoms with E-state index >= 15 is 0 Å². The Hall–Kier alpha value is -0.340. The highest BCUT2D eigenvalue weighted by Crippen LogP contribution is 2.67. The predicted molar refractivity (Wildman–Crippen MR) is 122 cm³/mol. The van der Waals surface area contributed by atoms with Crippen molar-refractivity contribution in [3.05, 3.63) is 11.6 Å². The van der Waals surface area contributed by atoms with Gasteiger partial charge in [0, 0.05) is 6.04 Å². The first-order valence-electron chi connectivity index (χ1n) is 12.8. The average Bonchev–Trinajstić information content (AvgIpc) is 3.03. The average molecular weight is 402 g/mol. The van der Waals surface area contributed by atoms with Crippen molar-refractivity contribution in [3.8, 4) is 0 Å². The lowest BCUT2D eigenvalue weighted by molar-refractivity contribution is -0.0584. The van der Waals surface area contributed by atoms with Gasteiger partial charge in [-0.05, 0) is 111 Å². The number of hydrogen-bond acceptors (Lipinski definition) is 2. The maximum atomic E-state index is 10.2. The van der Waals surface area contributed by atoms with Gasteiger partial charge in [0.15, 0.2) is 0 Å². The second-order valence-electron chi connectivity index (χ2n) is 12.4.